The monoisotopic (exact) mass is 216 g/mol. The molecule has 15 heavy (non-hydrogen) atoms. The van der Waals surface area contributed by atoms with E-state index in [2.05, 4.69) is 19.2 Å². The fourth-order valence-corrected chi connectivity index (χ4v) is 1.57. The number of hydrogen-bond donors (Lipinski definition) is 2. The van der Waals surface area contributed by atoms with E-state index in [9.17, 15) is 4.79 Å². The zero-order valence-corrected chi connectivity index (χ0v) is 10.2. The van der Waals surface area contributed by atoms with E-state index < -0.39 is 0 Å². The lowest BCUT2D eigenvalue weighted by atomic mass is 10.1. The summed E-state index contributed by atoms with van der Waals surface area (Å²) in [6.45, 7) is 6.67. The van der Waals surface area contributed by atoms with Crippen molar-refractivity contribution in [2.24, 2.45) is 11.7 Å². The minimum absolute atomic E-state index is 0.0143. The van der Waals surface area contributed by atoms with Crippen LogP contribution < -0.4 is 11.1 Å². The van der Waals surface area contributed by atoms with Gasteiger partial charge in [-0.1, -0.05) is 13.8 Å². The smallest absolute Gasteiger partial charge is 0.222 e. The molecule has 3 N–H and O–H groups in total. The molecule has 0 fully saturated rings. The molecule has 2 atom stereocenters. The SMILES string of the molecule is COC(CN)CC(=O)NC(C)CC(C)C. The fraction of sp³-hybridized carbons (Fsp3) is 0.909. The quantitative estimate of drug-likeness (QED) is 0.664. The van der Waals surface area contributed by atoms with Crippen molar-refractivity contribution in [3.63, 3.8) is 0 Å². The maximum atomic E-state index is 11.5. The molecule has 0 aliphatic heterocycles. The van der Waals surface area contributed by atoms with Gasteiger partial charge in [0.05, 0.1) is 12.5 Å². The van der Waals surface area contributed by atoms with Crippen LogP contribution in [0.4, 0.5) is 0 Å². The van der Waals surface area contributed by atoms with Crippen molar-refractivity contribution in [3.05, 3.63) is 0 Å². The van der Waals surface area contributed by atoms with Crippen molar-refractivity contribution in [2.75, 3.05) is 13.7 Å². The molecular weight excluding hydrogens is 192 g/mol. The number of ether oxygens (including phenoxy) is 1. The number of hydrogen-bond acceptors (Lipinski definition) is 3. The van der Waals surface area contributed by atoms with Gasteiger partial charge in [-0.05, 0) is 19.3 Å². The van der Waals surface area contributed by atoms with E-state index in [1.165, 1.54) is 0 Å². The van der Waals surface area contributed by atoms with Gasteiger partial charge in [-0.2, -0.15) is 0 Å². The lowest BCUT2D eigenvalue weighted by Gasteiger charge is -2.18. The van der Waals surface area contributed by atoms with Crippen LogP contribution in [0.25, 0.3) is 0 Å². The van der Waals surface area contributed by atoms with E-state index in [-0.39, 0.29) is 18.1 Å². The van der Waals surface area contributed by atoms with Gasteiger partial charge in [0.15, 0.2) is 0 Å². The van der Waals surface area contributed by atoms with Gasteiger partial charge >= 0.3 is 0 Å². The second-order valence-electron chi connectivity index (χ2n) is 4.40. The number of methoxy groups -OCH3 is 1. The number of carbonyl (C=O) groups is 1. The molecule has 0 aliphatic rings. The van der Waals surface area contributed by atoms with Crippen molar-refractivity contribution in [1.29, 1.82) is 0 Å². The Bertz CT molecular complexity index is 179. The van der Waals surface area contributed by atoms with Crippen LogP contribution in [0.15, 0.2) is 0 Å². The largest absolute Gasteiger partial charge is 0.380 e. The Balaban J connectivity index is 3.81. The van der Waals surface area contributed by atoms with Crippen LogP contribution >= 0.6 is 0 Å². The highest BCUT2D eigenvalue weighted by Crippen LogP contribution is 2.04. The number of rotatable bonds is 7. The summed E-state index contributed by atoms with van der Waals surface area (Å²) in [5, 5.41) is 2.94. The molecule has 4 heteroatoms. The molecule has 0 rings (SSSR count). The van der Waals surface area contributed by atoms with Gasteiger partial charge in [-0.3, -0.25) is 4.79 Å². The third kappa shape index (κ3) is 7.33. The van der Waals surface area contributed by atoms with Gasteiger partial charge < -0.3 is 15.8 Å². The Morgan fingerprint density at radius 3 is 2.40 bits per heavy atom. The molecule has 0 bridgehead atoms. The molecule has 4 nitrogen and oxygen atoms in total. The second kappa shape index (κ2) is 7.65. The summed E-state index contributed by atoms with van der Waals surface area (Å²) < 4.78 is 5.05. The molecule has 0 aromatic carbocycles. The van der Waals surface area contributed by atoms with Gasteiger partial charge in [0.2, 0.25) is 5.91 Å². The molecule has 90 valence electrons. The highest BCUT2D eigenvalue weighted by atomic mass is 16.5. The molecule has 0 radical (unpaired) electrons. The number of carbonyl (C=O) groups excluding carboxylic acids is 1. The Hall–Kier alpha value is -0.610. The van der Waals surface area contributed by atoms with Gasteiger partial charge in [-0.25, -0.2) is 0 Å². The standard InChI is InChI=1S/C11H24N2O2/c1-8(2)5-9(3)13-11(14)6-10(7-12)15-4/h8-10H,5-7,12H2,1-4H3,(H,13,14). The Morgan fingerprint density at radius 1 is 1.40 bits per heavy atom. The van der Waals surface area contributed by atoms with Crippen molar-refractivity contribution < 1.29 is 9.53 Å². The van der Waals surface area contributed by atoms with Gasteiger partial charge in [0, 0.05) is 19.7 Å². The van der Waals surface area contributed by atoms with Gasteiger partial charge in [0.1, 0.15) is 0 Å². The van der Waals surface area contributed by atoms with Crippen molar-refractivity contribution in [2.45, 2.75) is 45.8 Å². The minimum Gasteiger partial charge on any atom is -0.380 e. The summed E-state index contributed by atoms with van der Waals surface area (Å²) >= 11 is 0. The first kappa shape index (κ1) is 14.4. The Labute approximate surface area is 92.6 Å². The number of amides is 1. The Kier molecular flexibility index (Phi) is 7.34. The van der Waals surface area contributed by atoms with Crippen LogP contribution in [0.1, 0.15) is 33.6 Å². The van der Waals surface area contributed by atoms with Crippen molar-refractivity contribution in [1.82, 2.24) is 5.32 Å². The van der Waals surface area contributed by atoms with Crippen LogP contribution in [0.3, 0.4) is 0 Å². The van der Waals surface area contributed by atoms with Crippen LogP contribution in [0, 0.1) is 5.92 Å². The van der Waals surface area contributed by atoms with E-state index in [1.807, 2.05) is 6.92 Å². The first-order valence-corrected chi connectivity index (χ1v) is 5.51. The lowest BCUT2D eigenvalue weighted by molar-refractivity contribution is -0.124. The molecule has 0 aliphatic carbocycles. The summed E-state index contributed by atoms with van der Waals surface area (Å²) in [4.78, 5) is 11.5. The van der Waals surface area contributed by atoms with Crippen molar-refractivity contribution in [3.8, 4) is 0 Å². The number of nitrogens with one attached hydrogen (secondary N) is 1. The van der Waals surface area contributed by atoms with E-state index in [1.54, 1.807) is 7.11 Å². The summed E-state index contributed by atoms with van der Waals surface area (Å²) in [5.41, 5.74) is 5.44. The zero-order chi connectivity index (χ0) is 11.8. The summed E-state index contributed by atoms with van der Waals surface area (Å²) in [6.07, 6.45) is 1.16. The number of nitrogens with two attached hydrogens (primary N) is 1. The third-order valence-electron chi connectivity index (χ3n) is 2.24. The molecular formula is C11H24N2O2. The zero-order valence-electron chi connectivity index (χ0n) is 10.2. The Morgan fingerprint density at radius 2 is 2.00 bits per heavy atom. The van der Waals surface area contributed by atoms with Crippen LogP contribution in [0.5, 0.6) is 0 Å². The van der Waals surface area contributed by atoms with Gasteiger partial charge in [-0.15, -0.1) is 0 Å². The first-order valence-electron chi connectivity index (χ1n) is 5.51. The summed E-state index contributed by atoms with van der Waals surface area (Å²) in [7, 11) is 1.57. The highest BCUT2D eigenvalue weighted by Gasteiger charge is 2.13. The van der Waals surface area contributed by atoms with Crippen LogP contribution in [-0.2, 0) is 9.53 Å². The molecule has 1 amide bonds. The van der Waals surface area contributed by atoms with Crippen LogP contribution in [-0.4, -0.2) is 31.7 Å². The lowest BCUT2D eigenvalue weighted by Crippen LogP contribution is -2.37. The van der Waals surface area contributed by atoms with E-state index in [0.29, 0.717) is 18.9 Å². The normalized spacial score (nSPS) is 15.1. The van der Waals surface area contributed by atoms with Gasteiger partial charge in [0.25, 0.3) is 0 Å². The highest BCUT2D eigenvalue weighted by molar-refractivity contribution is 5.76. The molecule has 0 saturated carbocycles. The maximum absolute atomic E-state index is 11.5. The van der Waals surface area contributed by atoms with Crippen LogP contribution in [0.2, 0.25) is 0 Å². The maximum Gasteiger partial charge on any atom is 0.222 e. The van der Waals surface area contributed by atoms with Crippen molar-refractivity contribution >= 4 is 5.91 Å². The molecule has 2 unspecified atom stereocenters. The fourth-order valence-electron chi connectivity index (χ4n) is 1.57. The summed E-state index contributed by atoms with van der Waals surface area (Å²) in [5.74, 6) is 0.605. The minimum atomic E-state index is -0.170. The molecule has 0 aromatic rings. The molecule has 0 spiro atoms. The predicted octanol–water partition coefficient (Wildman–Crippen LogP) is 0.901. The topological polar surface area (TPSA) is 64.3 Å². The second-order valence-corrected chi connectivity index (χ2v) is 4.40. The third-order valence-corrected chi connectivity index (χ3v) is 2.24. The van der Waals surface area contributed by atoms with E-state index in [0.717, 1.165) is 6.42 Å². The van der Waals surface area contributed by atoms with E-state index in [4.69, 9.17) is 10.5 Å². The van der Waals surface area contributed by atoms with E-state index >= 15 is 0 Å². The molecule has 0 aromatic heterocycles. The molecule has 0 saturated heterocycles. The molecule has 0 heterocycles. The average molecular weight is 216 g/mol. The average Bonchev–Trinajstić information content (AvgIpc) is 2.12. The first-order chi connectivity index (χ1) is 6.99. The summed E-state index contributed by atoms with van der Waals surface area (Å²) in [6, 6.07) is 0.216. The predicted molar refractivity (Wildman–Crippen MR) is 61.5 cm³/mol.